The summed E-state index contributed by atoms with van der Waals surface area (Å²) in [6.07, 6.45) is 0. The maximum atomic E-state index is 4.68. The molecule has 0 unspecified atom stereocenters. The summed E-state index contributed by atoms with van der Waals surface area (Å²) in [6.45, 7) is 2.87. The highest BCUT2D eigenvalue weighted by molar-refractivity contribution is 5.97. The Morgan fingerprint density at radius 1 is 1.80 bits per heavy atom. The van der Waals surface area contributed by atoms with Crippen LogP contribution in [0.5, 0.6) is 0 Å². The Morgan fingerprint density at radius 3 is 2.00 bits per heavy atom. The van der Waals surface area contributed by atoms with Gasteiger partial charge in [-0.2, -0.15) is 0 Å². The zero-order valence-electron chi connectivity index (χ0n) is 3.82. The Bertz CT molecular complexity index is 11.6. The summed E-state index contributed by atoms with van der Waals surface area (Å²) >= 11 is 0. The van der Waals surface area contributed by atoms with Gasteiger partial charge in [0.05, 0.1) is 0 Å². The van der Waals surface area contributed by atoms with Gasteiger partial charge < -0.3 is 10.6 Å². The van der Waals surface area contributed by atoms with Crippen LogP contribution in [0.4, 0.5) is 0 Å². The summed E-state index contributed by atoms with van der Waals surface area (Å²) in [4.78, 5) is 0. The van der Waals surface area contributed by atoms with Crippen molar-refractivity contribution in [2.24, 2.45) is 0 Å². The molecule has 0 rings (SSSR count). The zero-order chi connectivity index (χ0) is 3.41. The summed E-state index contributed by atoms with van der Waals surface area (Å²) < 4.78 is 4.68. The summed E-state index contributed by atoms with van der Waals surface area (Å²) in [5, 5.41) is 0. The lowest BCUT2D eigenvalue weighted by atomic mass is 10.9. The molecule has 2 nitrogen and oxygen atoms in total. The molecule has 0 aliphatic rings. The quantitative estimate of drug-likeness (QED) is 0.443. The zero-order valence-corrected chi connectivity index (χ0v) is 5.82. The second-order valence-corrected chi connectivity index (χ2v) is 1.15. The van der Waals surface area contributed by atoms with Crippen molar-refractivity contribution < 1.29 is 4.43 Å². The van der Waals surface area contributed by atoms with Gasteiger partial charge in [-0.25, -0.2) is 0 Å². The van der Waals surface area contributed by atoms with Crippen molar-refractivity contribution in [2.75, 3.05) is 6.61 Å². The molecule has 0 saturated carbocycles. The van der Waals surface area contributed by atoms with Gasteiger partial charge in [0, 0.05) is 6.61 Å². The first kappa shape index (κ1) is 8.93. The molecular formula is C2H11NOSi. The molecule has 0 amide bonds. The summed E-state index contributed by atoms with van der Waals surface area (Å²) in [5.41, 5.74) is 0. The lowest BCUT2D eigenvalue weighted by Gasteiger charge is -1.77. The predicted octanol–water partition coefficient (Wildman–Crippen LogP) is -0.535. The van der Waals surface area contributed by atoms with Crippen LogP contribution in [0, 0.1) is 0 Å². The van der Waals surface area contributed by atoms with Gasteiger partial charge in [0.25, 0.3) is 0 Å². The number of rotatable bonds is 1. The second kappa shape index (κ2) is 8.91. The molecule has 34 valence electrons. The van der Waals surface area contributed by atoms with E-state index >= 15 is 0 Å². The first-order valence-electron chi connectivity index (χ1n) is 1.40. The number of hydrogen-bond donors (Lipinski definition) is 1. The molecule has 0 spiro atoms. The van der Waals surface area contributed by atoms with Gasteiger partial charge in [0.2, 0.25) is 0 Å². The Kier molecular flexibility index (Phi) is 15.9. The Labute approximate surface area is 35.6 Å². The minimum absolute atomic E-state index is 0. The minimum atomic E-state index is 0. The van der Waals surface area contributed by atoms with E-state index in [0.717, 1.165) is 17.1 Å². The van der Waals surface area contributed by atoms with E-state index in [4.69, 9.17) is 0 Å². The minimum Gasteiger partial charge on any atom is -0.428 e. The van der Waals surface area contributed by atoms with E-state index in [0.29, 0.717) is 0 Å². The van der Waals surface area contributed by atoms with E-state index in [1.165, 1.54) is 0 Å². The standard InChI is InChI=1S/C2H8OSi.H3N/c1-2-3-4;/h2H2,1,4H3;1H3. The third kappa shape index (κ3) is 14.6. The van der Waals surface area contributed by atoms with Gasteiger partial charge in [-0.05, 0) is 6.92 Å². The number of hydrogen-bond acceptors (Lipinski definition) is 2. The molecule has 0 saturated heterocycles. The average molecular weight is 93.2 g/mol. The highest BCUT2D eigenvalue weighted by atomic mass is 28.2. The van der Waals surface area contributed by atoms with Crippen molar-refractivity contribution in [3.05, 3.63) is 0 Å². The van der Waals surface area contributed by atoms with Crippen LogP contribution in [0.25, 0.3) is 0 Å². The van der Waals surface area contributed by atoms with Gasteiger partial charge >= 0.3 is 0 Å². The van der Waals surface area contributed by atoms with Crippen LogP contribution in [0.3, 0.4) is 0 Å². The third-order valence-corrected chi connectivity index (χ3v) is 0.866. The van der Waals surface area contributed by atoms with E-state index in [1.54, 1.807) is 0 Å². The maximum absolute atomic E-state index is 4.68. The van der Waals surface area contributed by atoms with E-state index in [2.05, 4.69) is 4.43 Å². The fourth-order valence-corrected chi connectivity index (χ4v) is 0. The van der Waals surface area contributed by atoms with Gasteiger partial charge in [-0.1, -0.05) is 0 Å². The van der Waals surface area contributed by atoms with E-state index in [9.17, 15) is 0 Å². The molecule has 0 atom stereocenters. The van der Waals surface area contributed by atoms with Crippen LogP contribution in [-0.4, -0.2) is 17.1 Å². The first-order chi connectivity index (χ1) is 1.91. The van der Waals surface area contributed by atoms with Gasteiger partial charge in [0.1, 0.15) is 10.5 Å². The topological polar surface area (TPSA) is 44.2 Å². The largest absolute Gasteiger partial charge is 0.428 e. The van der Waals surface area contributed by atoms with E-state index in [1.807, 2.05) is 6.92 Å². The SMILES string of the molecule is CCO[SiH3].N. The van der Waals surface area contributed by atoms with Crippen molar-refractivity contribution >= 4 is 10.5 Å². The van der Waals surface area contributed by atoms with Crippen LogP contribution in [0.1, 0.15) is 6.92 Å². The molecule has 0 aromatic carbocycles. The van der Waals surface area contributed by atoms with Gasteiger partial charge in [0.15, 0.2) is 0 Å². The van der Waals surface area contributed by atoms with Crippen LogP contribution in [0.2, 0.25) is 0 Å². The van der Waals surface area contributed by atoms with E-state index < -0.39 is 0 Å². The Morgan fingerprint density at radius 2 is 2.00 bits per heavy atom. The smallest absolute Gasteiger partial charge is 0.145 e. The maximum Gasteiger partial charge on any atom is 0.145 e. The highest BCUT2D eigenvalue weighted by Gasteiger charge is 1.51. The molecule has 0 bridgehead atoms. The summed E-state index contributed by atoms with van der Waals surface area (Å²) in [6, 6.07) is 0. The molecular weight excluding hydrogens is 82.1 g/mol. The molecule has 0 radical (unpaired) electrons. The summed E-state index contributed by atoms with van der Waals surface area (Å²) in [5.74, 6) is 0. The molecule has 0 aromatic rings. The van der Waals surface area contributed by atoms with Crippen molar-refractivity contribution in [1.29, 1.82) is 0 Å². The monoisotopic (exact) mass is 93.1 g/mol. The molecule has 0 heterocycles. The van der Waals surface area contributed by atoms with Crippen LogP contribution in [-0.2, 0) is 4.43 Å². The van der Waals surface area contributed by atoms with Crippen molar-refractivity contribution in [1.82, 2.24) is 6.15 Å². The van der Waals surface area contributed by atoms with E-state index in [-0.39, 0.29) is 6.15 Å². The Hall–Kier alpha value is 0.137. The molecule has 5 heavy (non-hydrogen) atoms. The summed E-state index contributed by atoms with van der Waals surface area (Å²) in [7, 11) is 0.890. The molecule has 3 N–H and O–H groups in total. The lowest BCUT2D eigenvalue weighted by molar-refractivity contribution is 0.375. The average Bonchev–Trinajstić information content (AvgIpc) is 1.37. The molecule has 0 fully saturated rings. The lowest BCUT2D eigenvalue weighted by Crippen LogP contribution is -1.76. The fourth-order valence-electron chi connectivity index (χ4n) is 0. The molecule has 0 aliphatic carbocycles. The Balaban J connectivity index is 0. The molecule has 0 aromatic heterocycles. The van der Waals surface area contributed by atoms with Gasteiger partial charge in [-0.15, -0.1) is 0 Å². The normalized spacial score (nSPS) is 6.60. The molecule has 3 heteroatoms. The van der Waals surface area contributed by atoms with Crippen LogP contribution < -0.4 is 6.15 Å². The fraction of sp³-hybridized carbons (Fsp3) is 1.00. The highest BCUT2D eigenvalue weighted by Crippen LogP contribution is 1.50. The second-order valence-electron chi connectivity index (χ2n) is 0.577. The first-order valence-corrected chi connectivity index (χ1v) is 2.22. The van der Waals surface area contributed by atoms with Crippen LogP contribution in [0.15, 0.2) is 0 Å². The van der Waals surface area contributed by atoms with Crippen molar-refractivity contribution in [3.63, 3.8) is 0 Å². The third-order valence-electron chi connectivity index (χ3n) is 0.289. The van der Waals surface area contributed by atoms with Crippen molar-refractivity contribution in [3.8, 4) is 0 Å². The molecule has 0 aliphatic heterocycles. The van der Waals surface area contributed by atoms with Crippen LogP contribution >= 0.6 is 0 Å². The predicted molar refractivity (Wildman–Crippen MR) is 26.6 cm³/mol. The van der Waals surface area contributed by atoms with Gasteiger partial charge in [-0.3, -0.25) is 0 Å². The van der Waals surface area contributed by atoms with Crippen molar-refractivity contribution in [2.45, 2.75) is 6.92 Å².